The summed E-state index contributed by atoms with van der Waals surface area (Å²) in [4.78, 5) is 32.3. The predicted molar refractivity (Wildman–Crippen MR) is 72.0 cm³/mol. The zero-order valence-electron chi connectivity index (χ0n) is 11.2. The minimum atomic E-state index is -0.0283. The zero-order valence-corrected chi connectivity index (χ0v) is 11.2. The lowest BCUT2D eigenvalue weighted by Gasteiger charge is -2.20. The van der Waals surface area contributed by atoms with Crippen molar-refractivity contribution in [3.8, 4) is 0 Å². The van der Waals surface area contributed by atoms with Gasteiger partial charge in [0.1, 0.15) is 12.1 Å². The van der Waals surface area contributed by atoms with E-state index in [1.54, 1.807) is 24.1 Å². The van der Waals surface area contributed by atoms with Crippen LogP contribution < -0.4 is 10.2 Å². The number of hydrogen-bond donors (Lipinski definition) is 1. The van der Waals surface area contributed by atoms with Gasteiger partial charge in [0, 0.05) is 31.6 Å². The summed E-state index contributed by atoms with van der Waals surface area (Å²) in [6, 6.07) is 1.97. The fourth-order valence-corrected chi connectivity index (χ4v) is 1.91. The molecule has 1 aliphatic rings. The average Bonchev–Trinajstić information content (AvgIpc) is 3.14. The van der Waals surface area contributed by atoms with Crippen LogP contribution in [0.1, 0.15) is 33.1 Å². The second-order valence-corrected chi connectivity index (χ2v) is 4.81. The van der Waals surface area contributed by atoms with Gasteiger partial charge in [0.05, 0.1) is 0 Å². The monoisotopic (exact) mass is 262 g/mol. The average molecular weight is 262 g/mol. The first kappa shape index (κ1) is 13.5. The summed E-state index contributed by atoms with van der Waals surface area (Å²) < 4.78 is 0. The molecule has 0 aliphatic heterocycles. The minimum Gasteiger partial charge on any atom is -0.351 e. The van der Waals surface area contributed by atoms with E-state index in [2.05, 4.69) is 15.3 Å². The Morgan fingerprint density at radius 2 is 2.37 bits per heavy atom. The van der Waals surface area contributed by atoms with Crippen molar-refractivity contribution < 1.29 is 9.59 Å². The fourth-order valence-electron chi connectivity index (χ4n) is 1.91. The maximum Gasteiger partial charge on any atom is 0.225 e. The molecular formula is C13H18N4O2. The Balaban J connectivity index is 2.13. The first-order valence-corrected chi connectivity index (χ1v) is 6.45. The second kappa shape index (κ2) is 5.77. The fraction of sp³-hybridized carbons (Fsp3) is 0.538. The van der Waals surface area contributed by atoms with Crippen molar-refractivity contribution in [2.24, 2.45) is 0 Å². The van der Waals surface area contributed by atoms with Gasteiger partial charge in [-0.15, -0.1) is 0 Å². The number of nitrogens with one attached hydrogen (secondary N) is 1. The third-order valence-electron chi connectivity index (χ3n) is 2.96. The summed E-state index contributed by atoms with van der Waals surface area (Å²) in [5, 5.41) is 3.04. The van der Waals surface area contributed by atoms with Gasteiger partial charge in [-0.2, -0.15) is 4.98 Å². The molecule has 1 fully saturated rings. The van der Waals surface area contributed by atoms with Gasteiger partial charge in [0.2, 0.25) is 11.9 Å². The Labute approximate surface area is 112 Å². The molecule has 0 aromatic carbocycles. The van der Waals surface area contributed by atoms with Gasteiger partial charge in [-0.1, -0.05) is 0 Å². The molecule has 1 amide bonds. The van der Waals surface area contributed by atoms with Gasteiger partial charge in [0.15, 0.2) is 0 Å². The zero-order chi connectivity index (χ0) is 13.8. The number of nitrogens with zero attached hydrogens (tertiary/aromatic N) is 3. The van der Waals surface area contributed by atoms with Gasteiger partial charge in [0.25, 0.3) is 0 Å². The van der Waals surface area contributed by atoms with Crippen LogP contribution in [0, 0.1) is 0 Å². The van der Waals surface area contributed by atoms with Crippen LogP contribution in [-0.2, 0) is 9.59 Å². The molecule has 1 aliphatic carbocycles. The minimum absolute atomic E-state index is 0.00640. The predicted octanol–water partition coefficient (Wildman–Crippen LogP) is 1.38. The van der Waals surface area contributed by atoms with Crippen molar-refractivity contribution in [3.05, 3.63) is 12.3 Å². The number of rotatable bonds is 6. The Morgan fingerprint density at radius 3 is 2.95 bits per heavy atom. The highest BCUT2D eigenvalue weighted by molar-refractivity contribution is 5.91. The molecule has 0 radical (unpaired) electrons. The molecule has 0 spiro atoms. The summed E-state index contributed by atoms with van der Waals surface area (Å²) in [6.07, 6.45) is 4.92. The molecule has 19 heavy (non-hydrogen) atoms. The first-order valence-electron chi connectivity index (χ1n) is 6.45. The Hall–Kier alpha value is -1.98. The number of aldehydes is 1. The van der Waals surface area contributed by atoms with Crippen LogP contribution in [0.4, 0.5) is 11.8 Å². The smallest absolute Gasteiger partial charge is 0.225 e. The van der Waals surface area contributed by atoms with E-state index in [1.807, 2.05) is 6.92 Å². The molecule has 0 bridgehead atoms. The van der Waals surface area contributed by atoms with Crippen LogP contribution in [0.15, 0.2) is 12.3 Å². The summed E-state index contributed by atoms with van der Waals surface area (Å²) in [5.41, 5.74) is 0. The van der Waals surface area contributed by atoms with Gasteiger partial charge in [-0.3, -0.25) is 9.69 Å². The van der Waals surface area contributed by atoms with Crippen LogP contribution in [-0.4, -0.2) is 34.2 Å². The van der Waals surface area contributed by atoms with Gasteiger partial charge < -0.3 is 10.1 Å². The number of carbonyl (C=O) groups excluding carboxylic acids is 2. The summed E-state index contributed by atoms with van der Waals surface area (Å²) in [7, 11) is 0. The molecule has 1 aromatic heterocycles. The number of hydrogen-bond acceptors (Lipinski definition) is 5. The summed E-state index contributed by atoms with van der Waals surface area (Å²) in [5.74, 6) is 1.05. The lowest BCUT2D eigenvalue weighted by molar-refractivity contribution is -0.116. The van der Waals surface area contributed by atoms with E-state index >= 15 is 0 Å². The summed E-state index contributed by atoms with van der Waals surface area (Å²) >= 11 is 0. The molecule has 6 nitrogen and oxygen atoms in total. The van der Waals surface area contributed by atoms with Crippen LogP contribution in [0.25, 0.3) is 0 Å². The van der Waals surface area contributed by atoms with Gasteiger partial charge in [-0.25, -0.2) is 4.98 Å². The van der Waals surface area contributed by atoms with E-state index in [0.29, 0.717) is 18.2 Å². The third-order valence-corrected chi connectivity index (χ3v) is 2.96. The van der Waals surface area contributed by atoms with Crippen molar-refractivity contribution in [1.29, 1.82) is 0 Å². The second-order valence-electron chi connectivity index (χ2n) is 4.81. The van der Waals surface area contributed by atoms with E-state index in [9.17, 15) is 9.59 Å². The molecule has 0 saturated heterocycles. The maximum atomic E-state index is 11.7. The highest BCUT2D eigenvalue weighted by atomic mass is 16.2. The molecule has 2 rings (SSSR count). The normalized spacial score (nSPS) is 15.7. The number of amides is 1. The molecule has 1 saturated carbocycles. The molecular weight excluding hydrogens is 244 g/mol. The lowest BCUT2D eigenvalue weighted by atomic mass is 10.3. The van der Waals surface area contributed by atoms with Crippen molar-refractivity contribution in [2.75, 3.05) is 10.2 Å². The molecule has 1 heterocycles. The van der Waals surface area contributed by atoms with E-state index in [1.165, 1.54) is 0 Å². The standard InChI is InChI=1S/C13H18N4O2/c1-9(6-8-18)15-13-14-7-5-12(16-13)17(10(2)19)11-3-4-11/h5,7-9,11H,3-4,6H2,1-2H3,(H,14,15,16)/t9-/m0/s1. The molecule has 1 atom stereocenters. The van der Waals surface area contributed by atoms with Crippen LogP contribution in [0.3, 0.4) is 0 Å². The van der Waals surface area contributed by atoms with E-state index in [0.717, 1.165) is 19.1 Å². The van der Waals surface area contributed by atoms with Crippen molar-refractivity contribution in [2.45, 2.75) is 45.2 Å². The number of aromatic nitrogens is 2. The highest BCUT2D eigenvalue weighted by Gasteiger charge is 2.32. The van der Waals surface area contributed by atoms with Gasteiger partial charge >= 0.3 is 0 Å². The highest BCUT2D eigenvalue weighted by Crippen LogP contribution is 2.30. The topological polar surface area (TPSA) is 75.2 Å². The molecule has 1 aromatic rings. The third kappa shape index (κ3) is 3.49. The quantitative estimate of drug-likeness (QED) is 0.784. The first-order chi connectivity index (χ1) is 9.11. The van der Waals surface area contributed by atoms with Crippen LogP contribution >= 0.6 is 0 Å². The Morgan fingerprint density at radius 1 is 1.63 bits per heavy atom. The molecule has 6 heteroatoms. The molecule has 0 unspecified atom stereocenters. The number of anilines is 2. The SMILES string of the molecule is CC(=O)N(c1ccnc(N[C@@H](C)CC=O)n1)C1CC1. The van der Waals surface area contributed by atoms with Crippen molar-refractivity contribution in [1.82, 2.24) is 9.97 Å². The molecule has 102 valence electrons. The van der Waals surface area contributed by atoms with E-state index in [4.69, 9.17) is 0 Å². The van der Waals surface area contributed by atoms with Crippen molar-refractivity contribution >= 4 is 24.0 Å². The largest absolute Gasteiger partial charge is 0.351 e. The number of carbonyl (C=O) groups is 2. The van der Waals surface area contributed by atoms with Crippen LogP contribution in [0.5, 0.6) is 0 Å². The Kier molecular flexibility index (Phi) is 4.09. The maximum absolute atomic E-state index is 11.7. The summed E-state index contributed by atoms with van der Waals surface area (Å²) in [6.45, 7) is 3.43. The lowest BCUT2D eigenvalue weighted by Crippen LogP contribution is -2.31. The van der Waals surface area contributed by atoms with Gasteiger partial charge in [-0.05, 0) is 25.8 Å². The molecule has 1 N–H and O–H groups in total. The van der Waals surface area contributed by atoms with E-state index < -0.39 is 0 Å². The van der Waals surface area contributed by atoms with E-state index in [-0.39, 0.29) is 18.0 Å². The Bertz CT molecular complexity index is 473. The van der Waals surface area contributed by atoms with Crippen LogP contribution in [0.2, 0.25) is 0 Å². The van der Waals surface area contributed by atoms with Crippen molar-refractivity contribution in [3.63, 3.8) is 0 Å².